The van der Waals surface area contributed by atoms with Crippen molar-refractivity contribution in [2.75, 3.05) is 19.6 Å². The van der Waals surface area contributed by atoms with Gasteiger partial charge in [0.15, 0.2) is 0 Å². The van der Waals surface area contributed by atoms with Gasteiger partial charge >= 0.3 is 26.2 Å². The molecule has 0 aliphatic heterocycles. The van der Waals surface area contributed by atoms with Crippen LogP contribution in [0.2, 0.25) is 0 Å². The summed E-state index contributed by atoms with van der Waals surface area (Å²) in [4.78, 5) is 2.38. The van der Waals surface area contributed by atoms with Gasteiger partial charge in [-0.3, -0.25) is 0 Å². The molecule has 0 rings (SSSR count). The van der Waals surface area contributed by atoms with Crippen LogP contribution in [0.15, 0.2) is 0 Å². The van der Waals surface area contributed by atoms with Crippen LogP contribution >= 0.6 is 0 Å². The van der Waals surface area contributed by atoms with E-state index in [2.05, 4.69) is 25.7 Å². The Balaban J connectivity index is 0. The van der Waals surface area contributed by atoms with E-state index in [1.807, 2.05) is 0 Å². The molecule has 0 saturated heterocycles. The second kappa shape index (κ2) is 7.84. The van der Waals surface area contributed by atoms with Gasteiger partial charge in [-0.25, -0.2) is 0 Å². The second-order valence-electron chi connectivity index (χ2n) is 1.62. The van der Waals surface area contributed by atoms with E-state index in [1.165, 1.54) is 19.6 Å². The fraction of sp³-hybridized carbons (Fsp3) is 1.00. The van der Waals surface area contributed by atoms with Gasteiger partial charge in [0.05, 0.1) is 0 Å². The van der Waals surface area contributed by atoms with Gasteiger partial charge in [-0.05, 0) is 19.6 Å². The summed E-state index contributed by atoms with van der Waals surface area (Å²) < 4.78 is 0. The van der Waals surface area contributed by atoms with Crippen molar-refractivity contribution in [1.82, 2.24) is 4.90 Å². The van der Waals surface area contributed by atoms with E-state index in [1.54, 1.807) is 0 Å². The molecule has 0 aromatic carbocycles. The van der Waals surface area contributed by atoms with Crippen LogP contribution in [0, 0.1) is 0 Å². The van der Waals surface area contributed by atoms with Crippen molar-refractivity contribution in [2.45, 2.75) is 20.8 Å². The Morgan fingerprint density at radius 2 is 1.12 bits per heavy atom. The molecule has 46 valence electrons. The van der Waals surface area contributed by atoms with Crippen molar-refractivity contribution in [3.8, 4) is 0 Å². The number of nitrogens with zero attached hydrogens (tertiary/aromatic N) is 1. The van der Waals surface area contributed by atoms with E-state index < -0.39 is 0 Å². The maximum atomic E-state index is 2.38. The first-order chi connectivity index (χ1) is 3.35. The van der Waals surface area contributed by atoms with Crippen molar-refractivity contribution >= 4 is 26.2 Å². The first kappa shape index (κ1) is 11.6. The third-order valence-corrected chi connectivity index (χ3v) is 1.34. The van der Waals surface area contributed by atoms with Gasteiger partial charge in [-0.1, -0.05) is 20.8 Å². The van der Waals surface area contributed by atoms with E-state index in [4.69, 9.17) is 0 Å². The Morgan fingerprint density at radius 1 is 0.875 bits per heavy atom. The van der Waals surface area contributed by atoms with Crippen LogP contribution in [0.1, 0.15) is 20.8 Å². The molecular formula is C6H15BiN+3. The SMILES string of the molecule is CCN(CC)CC.[Bi+3]. The predicted octanol–water partition coefficient (Wildman–Crippen LogP) is 0.967. The molecule has 0 aromatic heterocycles. The molecule has 8 heavy (non-hydrogen) atoms. The average molecular weight is 310 g/mol. The molecule has 0 atom stereocenters. The maximum absolute atomic E-state index is 2.38. The molecule has 0 amide bonds. The fourth-order valence-electron chi connectivity index (χ4n) is 0.671. The van der Waals surface area contributed by atoms with E-state index in [-0.39, 0.29) is 26.2 Å². The molecule has 2 heteroatoms. The molecular weight excluding hydrogens is 295 g/mol. The predicted molar refractivity (Wildman–Crippen MR) is 39.2 cm³/mol. The van der Waals surface area contributed by atoms with Crippen LogP contribution in [-0.2, 0) is 0 Å². The fourth-order valence-corrected chi connectivity index (χ4v) is 0.671. The summed E-state index contributed by atoms with van der Waals surface area (Å²) in [5, 5.41) is 0. The molecule has 0 heterocycles. The molecule has 0 aliphatic rings. The molecule has 1 nitrogen and oxygen atoms in total. The second-order valence-corrected chi connectivity index (χ2v) is 1.62. The van der Waals surface area contributed by atoms with Gasteiger partial charge in [0, 0.05) is 0 Å². The largest absolute Gasteiger partial charge is 3.00 e. The van der Waals surface area contributed by atoms with Crippen LogP contribution < -0.4 is 0 Å². The summed E-state index contributed by atoms with van der Waals surface area (Å²) in [6.45, 7) is 10.1. The van der Waals surface area contributed by atoms with E-state index in [0.717, 1.165) is 0 Å². The van der Waals surface area contributed by atoms with Crippen LogP contribution in [-0.4, -0.2) is 50.7 Å². The maximum Gasteiger partial charge on any atom is 3.00 e. The molecule has 0 saturated carbocycles. The van der Waals surface area contributed by atoms with Crippen LogP contribution in [0.5, 0.6) is 0 Å². The average Bonchev–Trinajstić information content (AvgIpc) is 1.72. The van der Waals surface area contributed by atoms with E-state index in [9.17, 15) is 0 Å². The van der Waals surface area contributed by atoms with Crippen molar-refractivity contribution in [2.24, 2.45) is 0 Å². The summed E-state index contributed by atoms with van der Waals surface area (Å²) in [5.41, 5.74) is 0. The molecule has 0 N–H and O–H groups in total. The molecule has 2 radical (unpaired) electrons. The first-order valence-electron chi connectivity index (χ1n) is 3.07. The molecule has 0 aromatic rings. The quantitative estimate of drug-likeness (QED) is 0.702. The third kappa shape index (κ3) is 4.99. The van der Waals surface area contributed by atoms with E-state index in [0.29, 0.717) is 0 Å². The van der Waals surface area contributed by atoms with Crippen molar-refractivity contribution in [3.05, 3.63) is 0 Å². The molecule has 0 aliphatic carbocycles. The monoisotopic (exact) mass is 310 g/mol. The van der Waals surface area contributed by atoms with Crippen LogP contribution in [0.3, 0.4) is 0 Å². The first-order valence-corrected chi connectivity index (χ1v) is 3.07. The van der Waals surface area contributed by atoms with Crippen molar-refractivity contribution in [3.63, 3.8) is 0 Å². The standard InChI is InChI=1S/C6H15N.Bi/c1-4-7(5-2)6-3;/h4-6H2,1-3H3;/q;+3. The minimum atomic E-state index is 0. The molecule has 0 spiro atoms. The van der Waals surface area contributed by atoms with Gasteiger partial charge in [0.2, 0.25) is 0 Å². The minimum absolute atomic E-state index is 0. The summed E-state index contributed by atoms with van der Waals surface area (Å²) in [6.07, 6.45) is 0. The topological polar surface area (TPSA) is 3.24 Å². The Bertz CT molecular complexity index is 30.0. The van der Waals surface area contributed by atoms with Gasteiger partial charge in [-0.2, -0.15) is 0 Å². The Labute approximate surface area is 71.6 Å². The molecule has 0 bridgehead atoms. The Hall–Kier alpha value is 0.843. The van der Waals surface area contributed by atoms with Gasteiger partial charge in [-0.15, -0.1) is 0 Å². The number of hydrogen-bond donors (Lipinski definition) is 0. The minimum Gasteiger partial charge on any atom is -0.304 e. The van der Waals surface area contributed by atoms with E-state index >= 15 is 0 Å². The van der Waals surface area contributed by atoms with Crippen molar-refractivity contribution in [1.29, 1.82) is 0 Å². The van der Waals surface area contributed by atoms with Gasteiger partial charge in [0.25, 0.3) is 0 Å². The normalized spacial score (nSPS) is 9.00. The summed E-state index contributed by atoms with van der Waals surface area (Å²) in [5.74, 6) is 0. The number of rotatable bonds is 3. The molecule has 0 fully saturated rings. The Kier molecular flexibility index (Phi) is 11.4. The Morgan fingerprint density at radius 3 is 1.12 bits per heavy atom. The van der Waals surface area contributed by atoms with Crippen molar-refractivity contribution < 1.29 is 0 Å². The van der Waals surface area contributed by atoms with Crippen LogP contribution in [0.25, 0.3) is 0 Å². The number of hydrogen-bond acceptors (Lipinski definition) is 1. The van der Waals surface area contributed by atoms with Gasteiger partial charge in [0.1, 0.15) is 0 Å². The zero-order chi connectivity index (χ0) is 5.70. The summed E-state index contributed by atoms with van der Waals surface area (Å²) in [6, 6.07) is 0. The molecule has 0 unspecified atom stereocenters. The zero-order valence-corrected chi connectivity index (χ0v) is 9.49. The smallest absolute Gasteiger partial charge is 0.304 e. The van der Waals surface area contributed by atoms with Gasteiger partial charge < -0.3 is 4.90 Å². The summed E-state index contributed by atoms with van der Waals surface area (Å²) >= 11 is 0. The van der Waals surface area contributed by atoms with Crippen LogP contribution in [0.4, 0.5) is 0 Å². The zero-order valence-electron chi connectivity index (χ0n) is 6.02. The summed E-state index contributed by atoms with van der Waals surface area (Å²) in [7, 11) is 0. The third-order valence-electron chi connectivity index (χ3n) is 1.34.